The van der Waals surface area contributed by atoms with Gasteiger partial charge in [0.05, 0.1) is 6.07 Å². The minimum Gasteiger partial charge on any atom is -0.282 e. The molecule has 17 heavy (non-hydrogen) atoms. The zero-order chi connectivity index (χ0) is 12.5. The molecule has 0 bridgehead atoms. The van der Waals surface area contributed by atoms with Crippen LogP contribution in [0.2, 0.25) is 0 Å². The van der Waals surface area contributed by atoms with Crippen molar-refractivity contribution in [1.82, 2.24) is 0 Å². The maximum atomic E-state index is 11.5. The van der Waals surface area contributed by atoms with Crippen molar-refractivity contribution in [3.63, 3.8) is 0 Å². The molecular formula is C14H15NOS. The lowest BCUT2D eigenvalue weighted by atomic mass is 10.2. The van der Waals surface area contributed by atoms with E-state index in [1.165, 1.54) is 17.3 Å². The Morgan fingerprint density at radius 2 is 2.12 bits per heavy atom. The standard InChI is InChI=1S/C14H15NOS/c1-12-7-9-13(10-8-12)17-14(16)6-4-2-3-5-11-15/h4,6-10H,2-3,5H2,1H3/b6-4+. The van der Waals surface area contributed by atoms with E-state index in [-0.39, 0.29) is 5.12 Å². The number of aryl methyl sites for hydroxylation is 1. The zero-order valence-corrected chi connectivity index (χ0v) is 10.7. The van der Waals surface area contributed by atoms with Gasteiger partial charge < -0.3 is 0 Å². The molecular weight excluding hydrogens is 230 g/mol. The molecule has 0 saturated heterocycles. The molecule has 0 radical (unpaired) electrons. The van der Waals surface area contributed by atoms with Crippen LogP contribution in [0.15, 0.2) is 41.3 Å². The summed E-state index contributed by atoms with van der Waals surface area (Å²) in [6, 6.07) is 9.95. The average Bonchev–Trinajstić information content (AvgIpc) is 2.32. The van der Waals surface area contributed by atoms with Crippen molar-refractivity contribution < 1.29 is 4.79 Å². The van der Waals surface area contributed by atoms with E-state index in [2.05, 4.69) is 6.07 Å². The van der Waals surface area contributed by atoms with Gasteiger partial charge in [-0.15, -0.1) is 0 Å². The first-order valence-corrected chi connectivity index (χ1v) is 6.36. The van der Waals surface area contributed by atoms with E-state index in [0.29, 0.717) is 6.42 Å². The summed E-state index contributed by atoms with van der Waals surface area (Å²) in [7, 11) is 0. The summed E-state index contributed by atoms with van der Waals surface area (Å²) in [6.45, 7) is 2.02. The molecule has 0 saturated carbocycles. The highest BCUT2D eigenvalue weighted by atomic mass is 32.2. The maximum Gasteiger partial charge on any atom is 0.216 e. The SMILES string of the molecule is Cc1ccc(SC(=O)/C=C/CCCC#N)cc1. The summed E-state index contributed by atoms with van der Waals surface area (Å²) in [5.74, 6) is 0. The summed E-state index contributed by atoms with van der Waals surface area (Å²) >= 11 is 1.23. The van der Waals surface area contributed by atoms with Crippen LogP contribution in [0.4, 0.5) is 0 Å². The van der Waals surface area contributed by atoms with Crippen LogP contribution in [-0.4, -0.2) is 5.12 Å². The van der Waals surface area contributed by atoms with Crippen molar-refractivity contribution in [2.45, 2.75) is 31.1 Å². The average molecular weight is 245 g/mol. The molecule has 0 unspecified atom stereocenters. The van der Waals surface area contributed by atoms with E-state index in [1.807, 2.05) is 37.3 Å². The van der Waals surface area contributed by atoms with E-state index in [1.54, 1.807) is 6.08 Å². The minimum absolute atomic E-state index is 0.0332. The van der Waals surface area contributed by atoms with Crippen molar-refractivity contribution in [2.24, 2.45) is 0 Å². The largest absolute Gasteiger partial charge is 0.282 e. The normalized spacial score (nSPS) is 10.4. The number of hydrogen-bond acceptors (Lipinski definition) is 3. The van der Waals surface area contributed by atoms with Gasteiger partial charge in [0.2, 0.25) is 5.12 Å². The van der Waals surface area contributed by atoms with Gasteiger partial charge in [-0.3, -0.25) is 4.79 Å². The molecule has 0 amide bonds. The predicted molar refractivity (Wildman–Crippen MR) is 70.6 cm³/mol. The van der Waals surface area contributed by atoms with Crippen molar-refractivity contribution in [1.29, 1.82) is 5.26 Å². The molecule has 1 rings (SSSR count). The van der Waals surface area contributed by atoms with Gasteiger partial charge in [-0.05, 0) is 49.7 Å². The third-order valence-electron chi connectivity index (χ3n) is 2.15. The summed E-state index contributed by atoms with van der Waals surface area (Å²) in [5.41, 5.74) is 1.19. The van der Waals surface area contributed by atoms with Crippen molar-refractivity contribution >= 4 is 16.9 Å². The smallest absolute Gasteiger partial charge is 0.216 e. The highest BCUT2D eigenvalue weighted by Gasteiger charge is 1.99. The molecule has 0 aliphatic rings. The van der Waals surface area contributed by atoms with Gasteiger partial charge in [-0.2, -0.15) is 5.26 Å². The zero-order valence-electron chi connectivity index (χ0n) is 9.85. The van der Waals surface area contributed by atoms with E-state index < -0.39 is 0 Å². The number of carbonyl (C=O) groups excluding carboxylic acids is 1. The highest BCUT2D eigenvalue weighted by Crippen LogP contribution is 2.19. The van der Waals surface area contributed by atoms with Gasteiger partial charge in [-0.1, -0.05) is 23.8 Å². The topological polar surface area (TPSA) is 40.9 Å². The van der Waals surface area contributed by atoms with Gasteiger partial charge in [0.1, 0.15) is 0 Å². The number of unbranched alkanes of at least 4 members (excludes halogenated alkanes) is 2. The van der Waals surface area contributed by atoms with Crippen LogP contribution in [0.1, 0.15) is 24.8 Å². The molecule has 88 valence electrons. The van der Waals surface area contributed by atoms with Gasteiger partial charge in [0.25, 0.3) is 0 Å². The molecule has 0 atom stereocenters. The second-order valence-corrected chi connectivity index (χ2v) is 4.76. The lowest BCUT2D eigenvalue weighted by Crippen LogP contribution is -1.85. The van der Waals surface area contributed by atoms with E-state index >= 15 is 0 Å². The Morgan fingerprint density at radius 3 is 2.76 bits per heavy atom. The fraction of sp³-hybridized carbons (Fsp3) is 0.286. The number of carbonyl (C=O) groups is 1. The second kappa shape index (κ2) is 7.70. The number of nitriles is 1. The highest BCUT2D eigenvalue weighted by molar-refractivity contribution is 8.14. The van der Waals surface area contributed by atoms with Gasteiger partial charge in [0.15, 0.2) is 0 Å². The first kappa shape index (κ1) is 13.5. The molecule has 1 aromatic carbocycles. The summed E-state index contributed by atoms with van der Waals surface area (Å²) in [5, 5.41) is 8.38. The van der Waals surface area contributed by atoms with Crippen LogP contribution in [-0.2, 0) is 4.79 Å². The monoisotopic (exact) mass is 245 g/mol. The van der Waals surface area contributed by atoms with Crippen LogP contribution < -0.4 is 0 Å². The van der Waals surface area contributed by atoms with Gasteiger partial charge in [-0.25, -0.2) is 0 Å². The number of nitrogens with zero attached hydrogens (tertiary/aromatic N) is 1. The number of allylic oxidation sites excluding steroid dienone is 1. The quantitative estimate of drug-likeness (QED) is 0.449. The molecule has 0 fully saturated rings. The summed E-state index contributed by atoms with van der Waals surface area (Å²) in [4.78, 5) is 12.5. The maximum absolute atomic E-state index is 11.5. The van der Waals surface area contributed by atoms with Gasteiger partial charge >= 0.3 is 0 Å². The van der Waals surface area contributed by atoms with Crippen molar-refractivity contribution in [2.75, 3.05) is 0 Å². The van der Waals surface area contributed by atoms with Crippen molar-refractivity contribution in [3.05, 3.63) is 42.0 Å². The molecule has 0 aromatic heterocycles. The third kappa shape index (κ3) is 5.94. The summed E-state index contributed by atoms with van der Waals surface area (Å²) in [6.07, 6.45) is 5.57. The lowest BCUT2D eigenvalue weighted by Gasteiger charge is -1.97. The lowest BCUT2D eigenvalue weighted by molar-refractivity contribution is -0.107. The Hall–Kier alpha value is -1.53. The fourth-order valence-electron chi connectivity index (χ4n) is 1.24. The Kier molecular flexibility index (Phi) is 6.13. The van der Waals surface area contributed by atoms with E-state index in [9.17, 15) is 4.79 Å². The minimum atomic E-state index is 0.0332. The van der Waals surface area contributed by atoms with E-state index in [4.69, 9.17) is 5.26 Å². The van der Waals surface area contributed by atoms with Crippen LogP contribution in [0.5, 0.6) is 0 Å². The molecule has 0 aliphatic heterocycles. The molecule has 0 heterocycles. The number of thioether (sulfide) groups is 1. The molecule has 0 aliphatic carbocycles. The third-order valence-corrected chi connectivity index (χ3v) is 3.00. The fourth-order valence-corrected chi connectivity index (χ4v) is 1.90. The number of rotatable bonds is 5. The Bertz CT molecular complexity index is 429. The van der Waals surface area contributed by atoms with Crippen LogP contribution >= 0.6 is 11.8 Å². The molecule has 3 heteroatoms. The predicted octanol–water partition coefficient (Wildman–Crippen LogP) is 3.86. The van der Waals surface area contributed by atoms with Gasteiger partial charge in [0, 0.05) is 11.3 Å². The Labute approximate surface area is 106 Å². The van der Waals surface area contributed by atoms with Crippen LogP contribution in [0.25, 0.3) is 0 Å². The number of benzene rings is 1. The second-order valence-electron chi connectivity index (χ2n) is 3.69. The van der Waals surface area contributed by atoms with E-state index in [0.717, 1.165) is 17.7 Å². The molecule has 0 spiro atoms. The van der Waals surface area contributed by atoms with Crippen LogP contribution in [0.3, 0.4) is 0 Å². The molecule has 1 aromatic rings. The number of hydrogen-bond donors (Lipinski definition) is 0. The Balaban J connectivity index is 2.34. The molecule has 0 N–H and O–H groups in total. The first-order valence-electron chi connectivity index (χ1n) is 5.54. The Morgan fingerprint density at radius 1 is 1.41 bits per heavy atom. The first-order chi connectivity index (χ1) is 8.22. The molecule has 2 nitrogen and oxygen atoms in total. The van der Waals surface area contributed by atoms with Crippen molar-refractivity contribution in [3.8, 4) is 6.07 Å². The summed E-state index contributed by atoms with van der Waals surface area (Å²) < 4.78 is 0. The van der Waals surface area contributed by atoms with Crippen LogP contribution in [0, 0.1) is 18.3 Å².